The lowest BCUT2D eigenvalue weighted by molar-refractivity contribution is -0.133. The highest BCUT2D eigenvalue weighted by atomic mass is 79.9. The third-order valence-corrected chi connectivity index (χ3v) is 7.49. The van der Waals surface area contributed by atoms with Gasteiger partial charge in [0.2, 0.25) is 5.91 Å². The van der Waals surface area contributed by atoms with Crippen molar-refractivity contribution in [2.24, 2.45) is 0 Å². The van der Waals surface area contributed by atoms with E-state index in [9.17, 15) is 9.59 Å². The monoisotopic (exact) mass is 631 g/mol. The normalized spacial score (nSPS) is 10.8. The zero-order chi connectivity index (χ0) is 29.7. The number of carbonyl (C=O) groups is 2. The standard InChI is InChI=1S/C34H38BrN3O4/c1-3-42-21-9-20-37(34(40)29-15-17-30(35)18-16-29)26-33(39)38(23-27-10-5-4-6-11-27)25-31-13-8-19-36(31)24-28-12-7-14-32(22-28)41-2/h4-8,10-19,22H,3,9,20-21,23-26H2,1-2H3. The molecule has 220 valence electrons. The minimum absolute atomic E-state index is 0.0234. The third-order valence-electron chi connectivity index (χ3n) is 6.96. The first-order valence-electron chi connectivity index (χ1n) is 14.2. The van der Waals surface area contributed by atoms with E-state index >= 15 is 0 Å². The van der Waals surface area contributed by atoms with Crippen LogP contribution in [0.15, 0.2) is 102 Å². The van der Waals surface area contributed by atoms with Crippen LogP contribution < -0.4 is 4.74 Å². The van der Waals surface area contributed by atoms with Gasteiger partial charge in [-0.25, -0.2) is 0 Å². The molecule has 0 spiro atoms. The molecule has 1 aromatic heterocycles. The second kappa shape index (κ2) is 15.9. The van der Waals surface area contributed by atoms with Crippen molar-refractivity contribution in [1.29, 1.82) is 0 Å². The Bertz CT molecular complexity index is 1420. The number of aromatic nitrogens is 1. The van der Waals surface area contributed by atoms with Crippen LogP contribution in [0.25, 0.3) is 0 Å². The van der Waals surface area contributed by atoms with E-state index in [2.05, 4.69) is 26.6 Å². The SMILES string of the molecule is CCOCCCN(CC(=O)N(Cc1ccccc1)Cc1cccn1Cc1cccc(OC)c1)C(=O)c1ccc(Br)cc1. The molecule has 0 aliphatic heterocycles. The van der Waals surface area contributed by atoms with Crippen molar-refractivity contribution in [2.45, 2.75) is 33.0 Å². The molecular formula is C34H38BrN3O4. The molecular weight excluding hydrogens is 594 g/mol. The highest BCUT2D eigenvalue weighted by molar-refractivity contribution is 9.10. The summed E-state index contributed by atoms with van der Waals surface area (Å²) in [4.78, 5) is 31.0. The maximum atomic E-state index is 14.0. The largest absolute Gasteiger partial charge is 0.497 e. The summed E-state index contributed by atoms with van der Waals surface area (Å²) in [6.07, 6.45) is 2.67. The van der Waals surface area contributed by atoms with Gasteiger partial charge in [0.05, 0.1) is 13.7 Å². The summed E-state index contributed by atoms with van der Waals surface area (Å²) < 4.78 is 13.9. The van der Waals surface area contributed by atoms with E-state index in [0.29, 0.717) is 51.4 Å². The summed E-state index contributed by atoms with van der Waals surface area (Å²) in [7, 11) is 1.66. The predicted molar refractivity (Wildman–Crippen MR) is 168 cm³/mol. The Hall–Kier alpha value is -3.88. The number of hydrogen-bond donors (Lipinski definition) is 0. The number of rotatable bonds is 15. The number of carbonyl (C=O) groups excluding carboxylic acids is 2. The first-order valence-corrected chi connectivity index (χ1v) is 15.0. The smallest absolute Gasteiger partial charge is 0.254 e. The topological polar surface area (TPSA) is 64.0 Å². The maximum Gasteiger partial charge on any atom is 0.254 e. The number of hydrogen-bond acceptors (Lipinski definition) is 4. The van der Waals surface area contributed by atoms with Crippen molar-refractivity contribution < 1.29 is 19.1 Å². The van der Waals surface area contributed by atoms with Crippen molar-refractivity contribution in [2.75, 3.05) is 33.4 Å². The van der Waals surface area contributed by atoms with Gasteiger partial charge in [0.25, 0.3) is 5.91 Å². The Balaban J connectivity index is 1.55. The molecule has 7 nitrogen and oxygen atoms in total. The molecule has 0 N–H and O–H groups in total. The van der Waals surface area contributed by atoms with Crippen LogP contribution in [-0.4, -0.2) is 59.6 Å². The van der Waals surface area contributed by atoms with Crippen molar-refractivity contribution in [3.63, 3.8) is 0 Å². The van der Waals surface area contributed by atoms with Gasteiger partial charge in [-0.15, -0.1) is 0 Å². The van der Waals surface area contributed by atoms with Crippen LogP contribution in [0, 0.1) is 0 Å². The van der Waals surface area contributed by atoms with Crippen molar-refractivity contribution in [3.05, 3.63) is 124 Å². The molecule has 0 atom stereocenters. The van der Waals surface area contributed by atoms with Crippen LogP contribution in [0.5, 0.6) is 5.75 Å². The molecule has 0 saturated carbocycles. The average molecular weight is 633 g/mol. The van der Waals surface area contributed by atoms with E-state index in [4.69, 9.17) is 9.47 Å². The quantitative estimate of drug-likeness (QED) is 0.142. The molecule has 0 aliphatic rings. The van der Waals surface area contributed by atoms with Gasteiger partial charge in [0.1, 0.15) is 12.3 Å². The van der Waals surface area contributed by atoms with Crippen LogP contribution in [0.4, 0.5) is 0 Å². The van der Waals surface area contributed by atoms with Gasteiger partial charge in [-0.1, -0.05) is 58.4 Å². The summed E-state index contributed by atoms with van der Waals surface area (Å²) >= 11 is 3.43. The first kappa shape index (κ1) is 31.1. The van der Waals surface area contributed by atoms with Gasteiger partial charge in [-0.3, -0.25) is 9.59 Å². The Morgan fingerprint density at radius 2 is 1.62 bits per heavy atom. The fraction of sp³-hybridized carbons (Fsp3) is 0.294. The lowest BCUT2D eigenvalue weighted by atomic mass is 10.1. The molecule has 1 heterocycles. The maximum absolute atomic E-state index is 14.0. The highest BCUT2D eigenvalue weighted by Crippen LogP contribution is 2.18. The van der Waals surface area contributed by atoms with E-state index in [1.165, 1.54) is 0 Å². The van der Waals surface area contributed by atoms with E-state index in [0.717, 1.165) is 27.0 Å². The molecule has 0 bridgehead atoms. The van der Waals surface area contributed by atoms with Crippen LogP contribution in [-0.2, 0) is 29.2 Å². The van der Waals surface area contributed by atoms with Gasteiger partial charge in [-0.2, -0.15) is 0 Å². The van der Waals surface area contributed by atoms with Crippen LogP contribution in [0.2, 0.25) is 0 Å². The number of methoxy groups -OCH3 is 1. The summed E-state index contributed by atoms with van der Waals surface area (Å²) in [5.74, 6) is 0.519. The molecule has 0 saturated heterocycles. The Morgan fingerprint density at radius 3 is 2.36 bits per heavy atom. The molecule has 0 aliphatic carbocycles. The molecule has 2 amide bonds. The minimum atomic E-state index is -0.173. The Kier molecular flexibility index (Phi) is 11.8. The van der Waals surface area contributed by atoms with Crippen molar-refractivity contribution in [3.8, 4) is 5.75 Å². The average Bonchev–Trinajstić information content (AvgIpc) is 3.45. The zero-order valence-corrected chi connectivity index (χ0v) is 25.8. The zero-order valence-electron chi connectivity index (χ0n) is 24.2. The molecule has 42 heavy (non-hydrogen) atoms. The minimum Gasteiger partial charge on any atom is -0.497 e. The highest BCUT2D eigenvalue weighted by Gasteiger charge is 2.23. The van der Waals surface area contributed by atoms with Crippen LogP contribution in [0.1, 0.15) is 40.5 Å². The molecule has 0 fully saturated rings. The van der Waals surface area contributed by atoms with Gasteiger partial charge in [-0.05, 0) is 73.0 Å². The molecule has 3 aromatic carbocycles. The Morgan fingerprint density at radius 1 is 0.857 bits per heavy atom. The fourth-order valence-electron chi connectivity index (χ4n) is 4.74. The summed E-state index contributed by atoms with van der Waals surface area (Å²) in [6.45, 7) is 4.97. The van der Waals surface area contributed by atoms with Crippen molar-refractivity contribution in [1.82, 2.24) is 14.4 Å². The van der Waals surface area contributed by atoms with E-state index in [-0.39, 0.29) is 18.4 Å². The lowest BCUT2D eigenvalue weighted by Gasteiger charge is -2.28. The molecule has 0 radical (unpaired) electrons. The lowest BCUT2D eigenvalue weighted by Crippen LogP contribution is -2.43. The number of amides is 2. The number of ether oxygens (including phenoxy) is 2. The first-order chi connectivity index (χ1) is 20.5. The molecule has 8 heteroatoms. The molecule has 4 aromatic rings. The molecule has 0 unspecified atom stereocenters. The van der Waals surface area contributed by atoms with E-state index in [1.54, 1.807) is 24.1 Å². The van der Waals surface area contributed by atoms with Gasteiger partial charge in [0.15, 0.2) is 0 Å². The Labute approximate surface area is 256 Å². The summed E-state index contributed by atoms with van der Waals surface area (Å²) in [6, 6.07) is 29.2. The molecule has 4 rings (SSSR count). The van der Waals surface area contributed by atoms with Crippen LogP contribution in [0.3, 0.4) is 0 Å². The second-order valence-electron chi connectivity index (χ2n) is 10.00. The predicted octanol–water partition coefficient (Wildman–Crippen LogP) is 6.41. The van der Waals surface area contributed by atoms with Crippen LogP contribution >= 0.6 is 15.9 Å². The van der Waals surface area contributed by atoms with E-state index < -0.39 is 0 Å². The summed E-state index contributed by atoms with van der Waals surface area (Å²) in [5, 5.41) is 0. The van der Waals surface area contributed by atoms with Gasteiger partial charge in [0, 0.05) is 54.8 Å². The third kappa shape index (κ3) is 9.06. The van der Waals surface area contributed by atoms with Gasteiger partial charge >= 0.3 is 0 Å². The number of halogens is 1. The van der Waals surface area contributed by atoms with E-state index in [1.807, 2.05) is 90.8 Å². The van der Waals surface area contributed by atoms with Gasteiger partial charge < -0.3 is 23.8 Å². The summed E-state index contributed by atoms with van der Waals surface area (Å²) in [5.41, 5.74) is 3.68. The number of nitrogens with zero attached hydrogens (tertiary/aromatic N) is 3. The van der Waals surface area contributed by atoms with Crippen molar-refractivity contribution >= 4 is 27.7 Å². The number of benzene rings is 3. The second-order valence-corrected chi connectivity index (χ2v) is 10.9. The fourth-order valence-corrected chi connectivity index (χ4v) is 5.00.